The van der Waals surface area contributed by atoms with Crippen molar-refractivity contribution in [1.82, 2.24) is 5.32 Å². The first-order chi connectivity index (χ1) is 10.7. The number of amides is 1. The summed E-state index contributed by atoms with van der Waals surface area (Å²) >= 11 is 0. The normalized spacial score (nSPS) is 14.9. The smallest absolute Gasteiger partial charge is 0.251 e. The summed E-state index contributed by atoms with van der Waals surface area (Å²) in [7, 11) is 0. The third kappa shape index (κ3) is 3.17. The second kappa shape index (κ2) is 6.03. The van der Waals surface area contributed by atoms with Gasteiger partial charge in [-0.25, -0.2) is 0 Å². The predicted octanol–water partition coefficient (Wildman–Crippen LogP) is 3.75. The Bertz CT molecular complexity index is 707. The third-order valence-electron chi connectivity index (χ3n) is 4.09. The van der Waals surface area contributed by atoms with E-state index < -0.39 is 0 Å². The van der Waals surface area contributed by atoms with Gasteiger partial charge in [-0.3, -0.25) is 4.79 Å². The van der Waals surface area contributed by atoms with Gasteiger partial charge < -0.3 is 5.32 Å². The molecule has 110 valence electrons. The van der Waals surface area contributed by atoms with Gasteiger partial charge in [0, 0.05) is 5.56 Å². The number of benzene rings is 2. The lowest BCUT2D eigenvalue weighted by molar-refractivity contribution is 0.0931. The summed E-state index contributed by atoms with van der Waals surface area (Å²) < 4.78 is 0. The van der Waals surface area contributed by atoms with E-state index in [1.54, 1.807) is 24.3 Å². The molecule has 0 saturated heterocycles. The lowest BCUT2D eigenvalue weighted by Gasteiger charge is -2.19. The van der Waals surface area contributed by atoms with Crippen molar-refractivity contribution in [1.29, 1.82) is 5.26 Å². The number of hydrogen-bond acceptors (Lipinski definition) is 2. The van der Waals surface area contributed by atoms with Crippen LogP contribution in [0.5, 0.6) is 0 Å². The highest BCUT2D eigenvalue weighted by atomic mass is 16.1. The van der Waals surface area contributed by atoms with Crippen LogP contribution in [0.1, 0.15) is 45.9 Å². The van der Waals surface area contributed by atoms with E-state index in [1.807, 2.05) is 0 Å². The molecule has 3 heteroatoms. The lowest BCUT2D eigenvalue weighted by atomic mass is 10.0. The zero-order chi connectivity index (χ0) is 15.5. The Morgan fingerprint density at radius 2 is 1.77 bits per heavy atom. The first-order valence-electron chi connectivity index (χ1n) is 7.55. The Morgan fingerprint density at radius 1 is 1.14 bits per heavy atom. The molecule has 0 aliphatic heterocycles. The Kier molecular flexibility index (Phi) is 3.93. The molecule has 1 unspecified atom stereocenters. The highest BCUT2D eigenvalue weighted by Crippen LogP contribution is 2.41. The SMILES string of the molecule is Cc1ccc(C(NC(=O)c2ccc(C#N)cc2)C2CC2)cc1. The second-order valence-corrected chi connectivity index (χ2v) is 5.89. The van der Waals surface area contributed by atoms with Crippen LogP contribution >= 0.6 is 0 Å². The Morgan fingerprint density at radius 3 is 2.32 bits per heavy atom. The van der Waals surface area contributed by atoms with Crippen molar-refractivity contribution in [2.45, 2.75) is 25.8 Å². The molecule has 2 aromatic carbocycles. The molecule has 0 radical (unpaired) electrons. The molecule has 1 atom stereocenters. The number of carbonyl (C=O) groups is 1. The van der Waals surface area contributed by atoms with Crippen LogP contribution in [0.2, 0.25) is 0 Å². The van der Waals surface area contributed by atoms with Crippen molar-refractivity contribution in [3.63, 3.8) is 0 Å². The average Bonchev–Trinajstić information content (AvgIpc) is 3.38. The minimum absolute atomic E-state index is 0.0729. The first-order valence-corrected chi connectivity index (χ1v) is 7.55. The van der Waals surface area contributed by atoms with Crippen LogP contribution in [0.25, 0.3) is 0 Å². The first kappa shape index (κ1) is 14.3. The minimum atomic E-state index is -0.0815. The molecule has 0 aromatic heterocycles. The van der Waals surface area contributed by atoms with Crippen LogP contribution in [0, 0.1) is 24.2 Å². The molecule has 2 aromatic rings. The quantitative estimate of drug-likeness (QED) is 0.932. The fourth-order valence-corrected chi connectivity index (χ4v) is 2.60. The summed E-state index contributed by atoms with van der Waals surface area (Å²) in [5, 5.41) is 12.0. The fraction of sp³-hybridized carbons (Fsp3) is 0.263. The summed E-state index contributed by atoms with van der Waals surface area (Å²) in [6, 6.07) is 17.2. The average molecular weight is 290 g/mol. The van der Waals surface area contributed by atoms with Crippen molar-refractivity contribution >= 4 is 5.91 Å². The molecule has 1 amide bonds. The van der Waals surface area contributed by atoms with Gasteiger partial charge in [-0.15, -0.1) is 0 Å². The largest absolute Gasteiger partial charge is 0.345 e. The van der Waals surface area contributed by atoms with Gasteiger partial charge in [0.15, 0.2) is 0 Å². The van der Waals surface area contributed by atoms with Gasteiger partial charge in [0.25, 0.3) is 5.91 Å². The molecule has 0 spiro atoms. The van der Waals surface area contributed by atoms with Crippen molar-refractivity contribution in [2.75, 3.05) is 0 Å². The Hall–Kier alpha value is -2.60. The van der Waals surface area contributed by atoms with E-state index in [1.165, 1.54) is 5.56 Å². The number of aryl methyl sites for hydroxylation is 1. The number of carbonyl (C=O) groups excluding carboxylic acids is 1. The van der Waals surface area contributed by atoms with Crippen LogP contribution in [0.4, 0.5) is 0 Å². The van der Waals surface area contributed by atoms with Gasteiger partial charge >= 0.3 is 0 Å². The van der Waals surface area contributed by atoms with E-state index in [-0.39, 0.29) is 11.9 Å². The van der Waals surface area contributed by atoms with Crippen molar-refractivity contribution in [3.8, 4) is 6.07 Å². The fourth-order valence-electron chi connectivity index (χ4n) is 2.60. The van der Waals surface area contributed by atoms with E-state index in [2.05, 4.69) is 42.6 Å². The van der Waals surface area contributed by atoms with Crippen LogP contribution in [-0.4, -0.2) is 5.91 Å². The van der Waals surface area contributed by atoms with Crippen LogP contribution in [0.15, 0.2) is 48.5 Å². The zero-order valence-electron chi connectivity index (χ0n) is 12.5. The Labute approximate surface area is 130 Å². The lowest BCUT2D eigenvalue weighted by Crippen LogP contribution is -2.29. The second-order valence-electron chi connectivity index (χ2n) is 5.89. The summed E-state index contributed by atoms with van der Waals surface area (Å²) in [5.74, 6) is 0.451. The minimum Gasteiger partial charge on any atom is -0.345 e. The van der Waals surface area contributed by atoms with Crippen molar-refractivity contribution < 1.29 is 4.79 Å². The summed E-state index contributed by atoms with van der Waals surface area (Å²) in [6.07, 6.45) is 2.32. The molecule has 0 bridgehead atoms. The number of rotatable bonds is 4. The molecule has 1 N–H and O–H groups in total. The number of hydrogen-bond donors (Lipinski definition) is 1. The molecular weight excluding hydrogens is 272 g/mol. The molecule has 22 heavy (non-hydrogen) atoms. The summed E-state index contributed by atoms with van der Waals surface area (Å²) in [6.45, 7) is 2.06. The molecular formula is C19H18N2O. The molecule has 3 nitrogen and oxygen atoms in total. The highest BCUT2D eigenvalue weighted by Gasteiger charge is 2.33. The van der Waals surface area contributed by atoms with Crippen LogP contribution in [-0.2, 0) is 0 Å². The standard InChI is InChI=1S/C19H18N2O/c1-13-2-6-15(7-3-13)18(16-10-11-16)21-19(22)17-8-4-14(12-20)5-9-17/h2-9,16,18H,10-11H2,1H3,(H,21,22). The third-order valence-corrected chi connectivity index (χ3v) is 4.09. The van der Waals surface area contributed by atoms with Crippen molar-refractivity contribution in [2.24, 2.45) is 5.92 Å². The van der Waals surface area contributed by atoms with E-state index in [4.69, 9.17) is 5.26 Å². The maximum atomic E-state index is 12.4. The summed E-state index contributed by atoms with van der Waals surface area (Å²) in [5.41, 5.74) is 3.54. The number of nitrogens with one attached hydrogen (secondary N) is 1. The number of nitriles is 1. The topological polar surface area (TPSA) is 52.9 Å². The van der Waals surface area contributed by atoms with Gasteiger partial charge in [0.05, 0.1) is 17.7 Å². The van der Waals surface area contributed by atoms with Gasteiger partial charge in [-0.2, -0.15) is 5.26 Å². The summed E-state index contributed by atoms with van der Waals surface area (Å²) in [4.78, 5) is 12.4. The van der Waals surface area contributed by atoms with Gasteiger partial charge in [-0.05, 0) is 55.5 Å². The molecule has 1 saturated carbocycles. The maximum absolute atomic E-state index is 12.4. The van der Waals surface area contributed by atoms with Crippen molar-refractivity contribution in [3.05, 3.63) is 70.8 Å². The van der Waals surface area contributed by atoms with Crippen LogP contribution in [0.3, 0.4) is 0 Å². The van der Waals surface area contributed by atoms with E-state index in [0.717, 1.165) is 18.4 Å². The number of nitrogens with zero attached hydrogens (tertiary/aromatic N) is 1. The van der Waals surface area contributed by atoms with Gasteiger partial charge in [0.1, 0.15) is 0 Å². The van der Waals surface area contributed by atoms with E-state index in [0.29, 0.717) is 17.0 Å². The van der Waals surface area contributed by atoms with E-state index in [9.17, 15) is 4.79 Å². The molecule has 3 rings (SSSR count). The van der Waals surface area contributed by atoms with Gasteiger partial charge in [-0.1, -0.05) is 29.8 Å². The molecule has 1 aliphatic carbocycles. The monoisotopic (exact) mass is 290 g/mol. The molecule has 1 fully saturated rings. The zero-order valence-corrected chi connectivity index (χ0v) is 12.5. The predicted molar refractivity (Wildman–Crippen MR) is 85.3 cm³/mol. The van der Waals surface area contributed by atoms with Crippen LogP contribution < -0.4 is 5.32 Å². The highest BCUT2D eigenvalue weighted by molar-refractivity contribution is 5.94. The van der Waals surface area contributed by atoms with E-state index >= 15 is 0 Å². The molecule has 0 heterocycles. The Balaban J connectivity index is 1.77. The van der Waals surface area contributed by atoms with Gasteiger partial charge in [0.2, 0.25) is 0 Å². The molecule has 1 aliphatic rings. The maximum Gasteiger partial charge on any atom is 0.251 e.